The summed E-state index contributed by atoms with van der Waals surface area (Å²) in [5, 5.41) is 9.00. The summed E-state index contributed by atoms with van der Waals surface area (Å²) in [6.07, 6.45) is 1.87. The first kappa shape index (κ1) is 28.6. The lowest BCUT2D eigenvalue weighted by Gasteiger charge is -2.20. The van der Waals surface area contributed by atoms with Gasteiger partial charge in [-0.3, -0.25) is 4.57 Å². The Kier molecular flexibility index (Phi) is 7.50. The molecule has 0 saturated heterocycles. The van der Waals surface area contributed by atoms with Crippen molar-refractivity contribution >= 4 is 44.6 Å². The second kappa shape index (κ2) is 16.3. The minimum absolute atomic E-state index is 0.113. The van der Waals surface area contributed by atoms with Gasteiger partial charge in [-0.15, -0.1) is 0 Å². The van der Waals surface area contributed by atoms with Crippen molar-refractivity contribution < 1.29 is 18.4 Å². The van der Waals surface area contributed by atoms with E-state index in [2.05, 4.69) is 84.5 Å². The fraction of sp³-hybridized carbons (Fsp3) is 0.0702. The van der Waals surface area contributed by atoms with Crippen molar-refractivity contribution in [3.63, 3.8) is 0 Å². The molecule has 0 aliphatic carbocycles. The predicted octanol–water partition coefficient (Wildman–Crippen LogP) is 15.8. The number of para-hydroxylation sites is 4. The number of nitrogens with one attached hydrogen (secondary N) is 2. The first-order chi connectivity index (χ1) is 34.5. The lowest BCUT2D eigenvalue weighted by molar-refractivity contribution is 0.483. The van der Waals surface area contributed by atoms with Crippen molar-refractivity contribution in [2.24, 2.45) is 0 Å². The number of pyridine rings is 1. The number of nitrogens with zero attached hydrogens (tertiary/aromatic N) is 2. The third kappa shape index (κ3) is 7.57. The second-order valence-corrected chi connectivity index (χ2v) is 15.9. The molecule has 5 nitrogen and oxygen atoms in total. The van der Waals surface area contributed by atoms with E-state index >= 15 is 0 Å². The van der Waals surface area contributed by atoms with Gasteiger partial charge in [-0.2, -0.15) is 0 Å². The third-order valence-corrected chi connectivity index (χ3v) is 10.8. The number of benzene rings is 8. The highest BCUT2D eigenvalue weighted by Crippen LogP contribution is 2.42. The molecule has 0 aliphatic heterocycles. The minimum Gasteiger partial charge on any atom is -0.457 e. The van der Waals surface area contributed by atoms with Crippen molar-refractivity contribution in [3.05, 3.63) is 218 Å². The fourth-order valence-electron chi connectivity index (χ4n) is 7.84. The molecule has 0 bridgehead atoms. The van der Waals surface area contributed by atoms with Crippen molar-refractivity contribution in [2.75, 3.05) is 10.6 Å². The Hall–Kier alpha value is -7.89. The molecule has 62 heavy (non-hydrogen) atoms. The van der Waals surface area contributed by atoms with Crippen molar-refractivity contribution in [1.29, 1.82) is 0 Å². The Morgan fingerprint density at radius 3 is 1.87 bits per heavy atom. The molecule has 300 valence electrons. The summed E-state index contributed by atoms with van der Waals surface area (Å²) >= 11 is 0. The SMILES string of the molecule is [2H]c1c([2H])c([2H])c(-c2cccc(-c3c([2H])c([2H])c([2H])c([2H])c3[2H])c2Nc2ccccc2Nc2cccc(Oc3ccc4c5cccc(-c6ccccc6)c5n(-c5cc(C(C)(C)C)ccn5)c4c3)c2)c([2H])c1[2H]. The zero-order valence-corrected chi connectivity index (χ0v) is 34.2. The minimum atomic E-state index is -0.564. The topological polar surface area (TPSA) is 51.1 Å². The highest BCUT2D eigenvalue weighted by Gasteiger charge is 2.21. The summed E-state index contributed by atoms with van der Waals surface area (Å²) in [6.45, 7) is 6.57. The fourth-order valence-corrected chi connectivity index (χ4v) is 7.84. The van der Waals surface area contributed by atoms with Gasteiger partial charge >= 0.3 is 0 Å². The van der Waals surface area contributed by atoms with E-state index in [1.165, 1.54) is 0 Å². The van der Waals surface area contributed by atoms with Crippen LogP contribution in [0.1, 0.15) is 40.0 Å². The van der Waals surface area contributed by atoms with Crippen molar-refractivity contribution in [3.8, 4) is 50.7 Å². The number of hydrogen-bond acceptors (Lipinski definition) is 4. The molecule has 0 unspecified atom stereocenters. The van der Waals surface area contributed by atoms with Gasteiger partial charge in [0.25, 0.3) is 0 Å². The van der Waals surface area contributed by atoms with Gasteiger partial charge in [-0.25, -0.2) is 4.98 Å². The molecule has 0 aliphatic rings. The van der Waals surface area contributed by atoms with E-state index < -0.39 is 60.4 Å². The van der Waals surface area contributed by atoms with Crippen LogP contribution in [0.4, 0.5) is 22.7 Å². The number of rotatable bonds is 10. The Balaban J connectivity index is 1.05. The van der Waals surface area contributed by atoms with Crippen LogP contribution < -0.4 is 15.4 Å². The molecule has 2 N–H and O–H groups in total. The predicted molar refractivity (Wildman–Crippen MR) is 260 cm³/mol. The Labute approximate surface area is 377 Å². The van der Waals surface area contributed by atoms with Gasteiger partial charge in [0.05, 0.1) is 41.8 Å². The van der Waals surface area contributed by atoms with Gasteiger partial charge in [-0.1, -0.05) is 166 Å². The van der Waals surface area contributed by atoms with Crippen LogP contribution in [-0.4, -0.2) is 9.55 Å². The first-order valence-electron chi connectivity index (χ1n) is 25.3. The highest BCUT2D eigenvalue weighted by atomic mass is 16.5. The van der Waals surface area contributed by atoms with Crippen LogP contribution in [-0.2, 0) is 5.41 Å². The Morgan fingerprint density at radius 1 is 0.532 bits per heavy atom. The zero-order chi connectivity index (χ0) is 50.7. The molecule has 2 heterocycles. The molecule has 5 heteroatoms. The van der Waals surface area contributed by atoms with Gasteiger partial charge in [0, 0.05) is 51.5 Å². The zero-order valence-electron chi connectivity index (χ0n) is 44.2. The van der Waals surface area contributed by atoms with E-state index in [1.807, 2.05) is 72.9 Å². The maximum atomic E-state index is 8.89. The van der Waals surface area contributed by atoms with Crippen LogP contribution in [0.2, 0.25) is 0 Å². The summed E-state index contributed by atoms with van der Waals surface area (Å²) in [6, 6.07) is 41.2. The molecule has 0 amide bonds. The van der Waals surface area contributed by atoms with E-state index in [1.54, 1.807) is 30.3 Å². The number of anilines is 4. The number of aromatic nitrogens is 2. The average Bonchev–Trinajstić information content (AvgIpc) is 3.71. The van der Waals surface area contributed by atoms with Crippen LogP contribution in [0.25, 0.3) is 61.0 Å². The van der Waals surface area contributed by atoms with Gasteiger partial charge in [0.1, 0.15) is 17.3 Å². The lowest BCUT2D eigenvalue weighted by atomic mass is 9.88. The lowest BCUT2D eigenvalue weighted by Crippen LogP contribution is -2.12. The smallest absolute Gasteiger partial charge is 0.137 e. The maximum Gasteiger partial charge on any atom is 0.137 e. The normalized spacial score (nSPS) is 13.7. The molecule has 10 rings (SSSR count). The van der Waals surface area contributed by atoms with Gasteiger partial charge in [0.15, 0.2) is 0 Å². The molecule has 0 radical (unpaired) electrons. The monoisotopic (exact) mass is 812 g/mol. The molecule has 8 aromatic carbocycles. The summed E-state index contributed by atoms with van der Waals surface area (Å²) in [7, 11) is 0. The van der Waals surface area contributed by atoms with E-state index in [0.717, 1.165) is 44.3 Å². The molecule has 0 spiro atoms. The molecule has 0 atom stereocenters. The van der Waals surface area contributed by atoms with E-state index in [4.69, 9.17) is 23.4 Å². The van der Waals surface area contributed by atoms with Gasteiger partial charge in [0.2, 0.25) is 0 Å². The molecular weight excluding hydrogens is 757 g/mol. The highest BCUT2D eigenvalue weighted by molar-refractivity contribution is 6.14. The summed E-state index contributed by atoms with van der Waals surface area (Å²) in [5.74, 6) is 1.93. The van der Waals surface area contributed by atoms with Gasteiger partial charge in [-0.05, 0) is 76.2 Å². The van der Waals surface area contributed by atoms with Crippen LogP contribution in [0, 0.1) is 0 Å². The van der Waals surface area contributed by atoms with E-state index in [0.29, 0.717) is 28.6 Å². The Morgan fingerprint density at radius 2 is 1.16 bits per heavy atom. The molecule has 10 aromatic rings. The quantitative estimate of drug-likeness (QED) is 0.144. The molecule has 0 saturated carbocycles. The summed E-state index contributed by atoms with van der Waals surface area (Å²) in [5.41, 5.74) is 7.05. The van der Waals surface area contributed by atoms with Crippen LogP contribution in [0.3, 0.4) is 0 Å². The number of fused-ring (bicyclic) bond motifs is 3. The van der Waals surface area contributed by atoms with E-state index in [-0.39, 0.29) is 33.4 Å². The molecule has 2 aromatic heterocycles. The molecule has 0 fully saturated rings. The summed E-state index contributed by atoms with van der Waals surface area (Å²) < 4.78 is 94.8. The number of ether oxygens (including phenoxy) is 1. The summed E-state index contributed by atoms with van der Waals surface area (Å²) in [4.78, 5) is 4.94. The molecular formula is C57H46N4O. The second-order valence-electron chi connectivity index (χ2n) is 15.9. The third-order valence-electron chi connectivity index (χ3n) is 10.8. The van der Waals surface area contributed by atoms with Gasteiger partial charge < -0.3 is 15.4 Å². The largest absolute Gasteiger partial charge is 0.457 e. The standard InChI is InChI=1S/C57H46N4O/c1-57(2,3)42-34-35-58-54(36-42)61-53-38-45(32-33-49(53)50-29-17-28-48(56(50)61)41-22-11-6-12-23-41)62-44-25-15-24-43(37-44)59-51-30-13-14-31-52(51)60-55-46(39-18-7-4-8-19-39)26-16-27-47(55)40-20-9-5-10-21-40/h4-38,59-60H,1-3H3/i4D,5D,7D,8D,9D,10D,18D,19D,20D,21D. The van der Waals surface area contributed by atoms with Crippen molar-refractivity contribution in [1.82, 2.24) is 9.55 Å². The Bertz CT molecular complexity index is 3650. The first-order valence-corrected chi connectivity index (χ1v) is 20.3. The average molecular weight is 813 g/mol. The maximum absolute atomic E-state index is 8.89. The number of hydrogen-bond donors (Lipinski definition) is 2. The van der Waals surface area contributed by atoms with E-state index in [9.17, 15) is 0 Å². The van der Waals surface area contributed by atoms with Crippen LogP contribution in [0.15, 0.2) is 212 Å². The van der Waals surface area contributed by atoms with Crippen LogP contribution >= 0.6 is 0 Å². The van der Waals surface area contributed by atoms with Crippen molar-refractivity contribution in [2.45, 2.75) is 26.2 Å². The van der Waals surface area contributed by atoms with Crippen LogP contribution in [0.5, 0.6) is 11.5 Å².